The Bertz CT molecular complexity index is 384. The monoisotopic (exact) mass is 190 g/mol. The third kappa shape index (κ3) is 1.55. The Morgan fingerprint density at radius 2 is 2.38 bits per heavy atom. The minimum atomic E-state index is 0.789. The largest absolute Gasteiger partial charge is 0.494 e. The lowest BCUT2D eigenvalue weighted by molar-refractivity contribution is 0.415. The zero-order chi connectivity index (χ0) is 9.10. The van der Waals surface area contributed by atoms with Crippen LogP contribution in [0.4, 0.5) is 0 Å². The summed E-state index contributed by atoms with van der Waals surface area (Å²) in [4.78, 5) is 4.24. The van der Waals surface area contributed by atoms with Crippen LogP contribution in [-0.4, -0.2) is 12.1 Å². The highest BCUT2D eigenvalue weighted by atomic mass is 32.1. The number of rotatable bonds is 2. The fourth-order valence-corrected chi connectivity index (χ4v) is 1.68. The van der Waals surface area contributed by atoms with Crippen LogP contribution in [0, 0.1) is 5.38 Å². The maximum Gasteiger partial charge on any atom is 0.145 e. The molecule has 0 N–H and O–H groups in total. The van der Waals surface area contributed by atoms with Gasteiger partial charge in [-0.25, -0.2) is 0 Å². The molecule has 1 radical (unpaired) electrons. The molecule has 2 heterocycles. The summed E-state index contributed by atoms with van der Waals surface area (Å²) < 4.78 is 5.19. The minimum absolute atomic E-state index is 0.789. The topological polar surface area (TPSA) is 22.1 Å². The van der Waals surface area contributed by atoms with Crippen LogP contribution in [0.15, 0.2) is 29.8 Å². The number of pyridine rings is 1. The summed E-state index contributed by atoms with van der Waals surface area (Å²) in [7, 11) is 1.65. The van der Waals surface area contributed by atoms with Gasteiger partial charge in [0.2, 0.25) is 0 Å². The molecule has 2 aromatic rings. The summed E-state index contributed by atoms with van der Waals surface area (Å²) in [5.74, 6) is 0.789. The highest BCUT2D eigenvalue weighted by molar-refractivity contribution is 7.07. The molecule has 0 atom stereocenters. The molecule has 2 aromatic heterocycles. The van der Waals surface area contributed by atoms with E-state index in [1.54, 1.807) is 13.3 Å². The van der Waals surface area contributed by atoms with Gasteiger partial charge < -0.3 is 4.74 Å². The summed E-state index contributed by atoms with van der Waals surface area (Å²) in [6.07, 6.45) is 1.75. The molecule has 0 aliphatic carbocycles. The van der Waals surface area contributed by atoms with Gasteiger partial charge in [-0.1, -0.05) is 0 Å². The SMILES string of the molecule is COc1cccnc1-c1[c]scc1. The molecule has 3 heteroatoms. The molecule has 13 heavy (non-hydrogen) atoms. The van der Waals surface area contributed by atoms with Crippen molar-refractivity contribution >= 4 is 11.3 Å². The van der Waals surface area contributed by atoms with Crippen molar-refractivity contribution < 1.29 is 4.74 Å². The quantitative estimate of drug-likeness (QED) is 0.726. The van der Waals surface area contributed by atoms with Crippen LogP contribution in [0.3, 0.4) is 0 Å². The third-order valence-electron chi connectivity index (χ3n) is 1.72. The Kier molecular flexibility index (Phi) is 2.27. The first-order valence-corrected chi connectivity index (χ1v) is 4.74. The second kappa shape index (κ2) is 3.58. The van der Waals surface area contributed by atoms with Gasteiger partial charge in [0.15, 0.2) is 0 Å². The van der Waals surface area contributed by atoms with Gasteiger partial charge in [0, 0.05) is 11.8 Å². The van der Waals surface area contributed by atoms with Crippen LogP contribution >= 0.6 is 11.3 Å². The van der Waals surface area contributed by atoms with Gasteiger partial charge in [-0.3, -0.25) is 4.98 Å². The summed E-state index contributed by atoms with van der Waals surface area (Å²) in [5.41, 5.74) is 1.84. The summed E-state index contributed by atoms with van der Waals surface area (Å²) in [6, 6.07) is 5.73. The number of aromatic nitrogens is 1. The first kappa shape index (κ1) is 8.26. The average molecular weight is 190 g/mol. The van der Waals surface area contributed by atoms with Gasteiger partial charge in [0.25, 0.3) is 0 Å². The molecule has 65 valence electrons. The molecule has 0 saturated heterocycles. The van der Waals surface area contributed by atoms with Crippen molar-refractivity contribution in [1.29, 1.82) is 0 Å². The van der Waals surface area contributed by atoms with Crippen LogP contribution in [0.5, 0.6) is 5.75 Å². The van der Waals surface area contributed by atoms with Crippen LogP contribution in [0.25, 0.3) is 11.3 Å². The van der Waals surface area contributed by atoms with E-state index in [4.69, 9.17) is 4.74 Å². The number of hydrogen-bond donors (Lipinski definition) is 0. The van der Waals surface area contributed by atoms with Crippen LogP contribution in [0.1, 0.15) is 0 Å². The molecule has 0 unspecified atom stereocenters. The zero-order valence-corrected chi connectivity index (χ0v) is 7.97. The first-order chi connectivity index (χ1) is 6.42. The molecule has 2 nitrogen and oxygen atoms in total. The van der Waals surface area contributed by atoms with E-state index in [0.717, 1.165) is 17.0 Å². The van der Waals surface area contributed by atoms with E-state index >= 15 is 0 Å². The minimum Gasteiger partial charge on any atom is -0.494 e. The smallest absolute Gasteiger partial charge is 0.145 e. The lowest BCUT2D eigenvalue weighted by atomic mass is 10.2. The fraction of sp³-hybridized carbons (Fsp3) is 0.100. The van der Waals surface area contributed by atoms with E-state index in [9.17, 15) is 0 Å². The molecule has 0 saturated carbocycles. The van der Waals surface area contributed by atoms with Crippen LogP contribution in [-0.2, 0) is 0 Å². The van der Waals surface area contributed by atoms with Gasteiger partial charge in [0.05, 0.1) is 12.5 Å². The molecular formula is C10H8NOS. The van der Waals surface area contributed by atoms with Crippen molar-refractivity contribution in [2.75, 3.05) is 7.11 Å². The van der Waals surface area contributed by atoms with E-state index in [1.165, 1.54) is 11.3 Å². The van der Waals surface area contributed by atoms with Gasteiger partial charge in [-0.2, -0.15) is 0 Å². The Hall–Kier alpha value is -1.35. The Morgan fingerprint density at radius 3 is 3.08 bits per heavy atom. The summed E-state index contributed by atoms with van der Waals surface area (Å²) >= 11 is 1.53. The van der Waals surface area contributed by atoms with Crippen molar-refractivity contribution in [1.82, 2.24) is 4.98 Å². The second-order valence-electron chi connectivity index (χ2n) is 2.49. The molecule has 0 aliphatic heterocycles. The van der Waals surface area contributed by atoms with Crippen molar-refractivity contribution in [2.45, 2.75) is 0 Å². The Labute approximate surface area is 80.8 Å². The van der Waals surface area contributed by atoms with Crippen LogP contribution < -0.4 is 4.74 Å². The van der Waals surface area contributed by atoms with Crippen LogP contribution in [0.2, 0.25) is 0 Å². The predicted octanol–water partition coefficient (Wildman–Crippen LogP) is 2.62. The number of thiophene rings is 1. The highest BCUT2D eigenvalue weighted by Gasteiger charge is 2.05. The molecule has 0 aromatic carbocycles. The number of nitrogens with zero attached hydrogens (tertiary/aromatic N) is 1. The maximum atomic E-state index is 5.19. The lowest BCUT2D eigenvalue weighted by Crippen LogP contribution is -1.88. The molecule has 0 amide bonds. The number of hydrogen-bond acceptors (Lipinski definition) is 3. The van der Waals surface area contributed by atoms with Gasteiger partial charge in [0.1, 0.15) is 11.4 Å². The molecule has 2 rings (SSSR count). The molecule has 0 fully saturated rings. The number of methoxy groups -OCH3 is 1. The van der Waals surface area contributed by atoms with Gasteiger partial charge >= 0.3 is 0 Å². The van der Waals surface area contributed by atoms with Crippen molar-refractivity contribution in [3.8, 4) is 17.0 Å². The number of ether oxygens (including phenoxy) is 1. The molecular weight excluding hydrogens is 182 g/mol. The van der Waals surface area contributed by atoms with E-state index in [-0.39, 0.29) is 0 Å². The highest BCUT2D eigenvalue weighted by Crippen LogP contribution is 2.27. The van der Waals surface area contributed by atoms with E-state index in [0.29, 0.717) is 0 Å². The normalized spacial score (nSPS) is 9.92. The molecule has 0 bridgehead atoms. The zero-order valence-electron chi connectivity index (χ0n) is 7.15. The van der Waals surface area contributed by atoms with E-state index in [2.05, 4.69) is 10.4 Å². The summed E-state index contributed by atoms with van der Waals surface area (Å²) in [6.45, 7) is 0. The summed E-state index contributed by atoms with van der Waals surface area (Å²) in [5, 5.41) is 5.10. The molecule has 0 spiro atoms. The lowest BCUT2D eigenvalue weighted by Gasteiger charge is -2.03. The Morgan fingerprint density at radius 1 is 1.46 bits per heavy atom. The standard InChI is InChI=1S/C10H8NOS/c1-12-9-3-2-5-11-10(9)8-4-6-13-7-8/h2-6H,1H3. The van der Waals surface area contributed by atoms with Gasteiger partial charge in [-0.05, 0) is 23.6 Å². The van der Waals surface area contributed by atoms with Crippen molar-refractivity contribution in [2.24, 2.45) is 0 Å². The Balaban J connectivity index is 2.51. The maximum absolute atomic E-state index is 5.19. The van der Waals surface area contributed by atoms with Crippen molar-refractivity contribution in [3.63, 3.8) is 0 Å². The fourth-order valence-electron chi connectivity index (χ4n) is 1.12. The second-order valence-corrected chi connectivity index (χ2v) is 3.20. The third-order valence-corrected chi connectivity index (χ3v) is 2.33. The van der Waals surface area contributed by atoms with Crippen molar-refractivity contribution in [3.05, 3.63) is 35.2 Å². The first-order valence-electron chi connectivity index (χ1n) is 3.86. The van der Waals surface area contributed by atoms with E-state index < -0.39 is 0 Å². The average Bonchev–Trinajstić information content (AvgIpc) is 2.70. The van der Waals surface area contributed by atoms with Gasteiger partial charge in [-0.15, -0.1) is 11.3 Å². The molecule has 0 aliphatic rings. The predicted molar refractivity (Wildman–Crippen MR) is 52.9 cm³/mol. The van der Waals surface area contributed by atoms with E-state index in [1.807, 2.05) is 23.6 Å².